The van der Waals surface area contributed by atoms with Gasteiger partial charge in [0.05, 0.1) is 34.4 Å². The summed E-state index contributed by atoms with van der Waals surface area (Å²) in [5.41, 5.74) is 0. The minimum absolute atomic E-state index is 0.168. The van der Waals surface area contributed by atoms with E-state index >= 15 is 0 Å². The molecule has 0 fully saturated rings. The zero-order valence-corrected chi connectivity index (χ0v) is 47.6. The van der Waals surface area contributed by atoms with E-state index in [1.54, 1.807) is 0 Å². The van der Waals surface area contributed by atoms with Crippen LogP contribution in [0.1, 0.15) is 181 Å². The fourth-order valence-corrected chi connectivity index (χ4v) is 6.94. The van der Waals surface area contributed by atoms with Crippen molar-refractivity contribution in [3.8, 4) is 0 Å². The van der Waals surface area contributed by atoms with Crippen LogP contribution in [-0.2, 0) is 33.3 Å². The molecule has 0 amide bonds. The molecule has 0 saturated heterocycles. The predicted octanol–water partition coefficient (Wildman–Crippen LogP) is 17.0. The van der Waals surface area contributed by atoms with Crippen LogP contribution in [0.2, 0.25) is 0 Å². The third-order valence-electron chi connectivity index (χ3n) is 11.3. The fraction of sp³-hybridized carbons (Fsp3) is 0.561. The largest absolute Gasteiger partial charge is 0.477 e. The smallest absolute Gasteiger partial charge is 0.361 e. The van der Waals surface area contributed by atoms with Crippen molar-refractivity contribution in [1.29, 1.82) is 0 Å². The maximum absolute atomic E-state index is 12.9. The summed E-state index contributed by atoms with van der Waals surface area (Å²) < 4.78 is 22.8. The van der Waals surface area contributed by atoms with E-state index in [1.165, 1.54) is 0 Å². The van der Waals surface area contributed by atoms with Crippen LogP contribution in [0.15, 0.2) is 158 Å². The number of carbonyl (C=O) groups excluding carboxylic acids is 2. The number of hydrogen-bond acceptors (Lipinski definition) is 7. The first kappa shape index (κ1) is 69.9. The Balaban J connectivity index is 4.41. The van der Waals surface area contributed by atoms with Crippen LogP contribution >= 0.6 is 0 Å². The molecular weight excluding hydrogens is 935 g/mol. The fourth-order valence-electron chi connectivity index (χ4n) is 6.94. The van der Waals surface area contributed by atoms with Gasteiger partial charge in [-0.25, -0.2) is 4.79 Å². The lowest BCUT2D eigenvalue weighted by Gasteiger charge is -2.25. The van der Waals surface area contributed by atoms with Gasteiger partial charge in [0.15, 0.2) is 6.10 Å². The van der Waals surface area contributed by atoms with Gasteiger partial charge in [0.25, 0.3) is 6.29 Å². The zero-order chi connectivity index (χ0) is 54.8. The molecule has 1 N–H and O–H groups in total. The molecule has 0 aromatic rings. The Bertz CT molecular complexity index is 1780. The Morgan fingerprint density at radius 1 is 0.400 bits per heavy atom. The predicted molar refractivity (Wildman–Crippen MR) is 317 cm³/mol. The van der Waals surface area contributed by atoms with E-state index in [0.717, 1.165) is 141 Å². The molecule has 0 aromatic carbocycles. The van der Waals surface area contributed by atoms with Crippen molar-refractivity contribution < 1.29 is 42.9 Å². The average Bonchev–Trinajstić information content (AvgIpc) is 3.38. The van der Waals surface area contributed by atoms with Gasteiger partial charge in [-0.15, -0.1) is 0 Å². The van der Waals surface area contributed by atoms with Crippen molar-refractivity contribution in [3.05, 3.63) is 158 Å². The quantitative estimate of drug-likeness (QED) is 0.0211. The molecule has 0 aromatic heterocycles. The molecule has 0 saturated carbocycles. The van der Waals surface area contributed by atoms with Crippen molar-refractivity contribution >= 4 is 17.9 Å². The molecule has 0 aliphatic heterocycles. The molecule has 0 spiro atoms. The van der Waals surface area contributed by atoms with Crippen molar-refractivity contribution in [2.45, 2.75) is 193 Å². The second-order valence-electron chi connectivity index (χ2n) is 19.5. The highest BCUT2D eigenvalue weighted by molar-refractivity contribution is 5.71. The Hall–Kier alpha value is -5.09. The van der Waals surface area contributed by atoms with Gasteiger partial charge in [-0.3, -0.25) is 9.59 Å². The van der Waals surface area contributed by atoms with Gasteiger partial charge in [-0.2, -0.15) is 0 Å². The number of nitrogens with zero attached hydrogens (tertiary/aromatic N) is 1. The normalized spacial score (nSPS) is 14.0. The number of allylic oxidation sites excluding steroid dienone is 26. The lowest BCUT2D eigenvalue weighted by molar-refractivity contribution is -0.870. The second-order valence-corrected chi connectivity index (χ2v) is 19.5. The number of carboxylic acid groups (broad SMARTS) is 1. The van der Waals surface area contributed by atoms with Crippen LogP contribution < -0.4 is 0 Å². The Labute approximate surface area is 457 Å². The number of hydrogen-bond donors (Lipinski definition) is 1. The first-order valence-electron chi connectivity index (χ1n) is 28.6. The van der Waals surface area contributed by atoms with Gasteiger partial charge in [0.2, 0.25) is 0 Å². The number of quaternary nitrogens is 1. The summed E-state index contributed by atoms with van der Waals surface area (Å²) in [6, 6.07) is 0. The topological polar surface area (TPSA) is 108 Å². The molecule has 75 heavy (non-hydrogen) atoms. The minimum Gasteiger partial charge on any atom is -0.477 e. The van der Waals surface area contributed by atoms with Crippen LogP contribution in [0.25, 0.3) is 0 Å². The number of carboxylic acids is 1. The lowest BCUT2D eigenvalue weighted by atomic mass is 10.1. The number of likely N-dealkylation sites (N-methyl/N-ethyl adjacent to an activating group) is 1. The Morgan fingerprint density at radius 3 is 1.08 bits per heavy atom. The van der Waals surface area contributed by atoms with E-state index in [-0.39, 0.29) is 38.6 Å². The lowest BCUT2D eigenvalue weighted by Crippen LogP contribution is -2.40. The second kappa shape index (κ2) is 55.2. The summed E-state index contributed by atoms with van der Waals surface area (Å²) in [5.74, 6) is -2.09. The molecule has 420 valence electrons. The first-order chi connectivity index (χ1) is 36.6. The molecule has 2 unspecified atom stereocenters. The Kier molecular flexibility index (Phi) is 51.4. The number of esters is 2. The van der Waals surface area contributed by atoms with Gasteiger partial charge in [0, 0.05) is 12.8 Å². The van der Waals surface area contributed by atoms with Crippen molar-refractivity contribution in [2.75, 3.05) is 47.5 Å². The maximum atomic E-state index is 12.9. The molecule has 0 bridgehead atoms. The number of unbranched alkanes of at least 4 members (excludes halogenated alkanes) is 9. The maximum Gasteiger partial charge on any atom is 0.361 e. The molecule has 0 aliphatic rings. The van der Waals surface area contributed by atoms with Gasteiger partial charge in [-0.1, -0.05) is 204 Å². The Morgan fingerprint density at radius 2 is 0.720 bits per heavy atom. The molecule has 0 rings (SSSR count). The molecule has 9 heteroatoms. The summed E-state index contributed by atoms with van der Waals surface area (Å²) in [7, 11) is 5.93. The highest BCUT2D eigenvalue weighted by Gasteiger charge is 2.25. The molecule has 0 heterocycles. The summed E-state index contributed by atoms with van der Waals surface area (Å²) in [5, 5.41) is 9.70. The van der Waals surface area contributed by atoms with Gasteiger partial charge < -0.3 is 28.5 Å². The van der Waals surface area contributed by atoms with E-state index in [9.17, 15) is 19.5 Å². The van der Waals surface area contributed by atoms with E-state index in [0.29, 0.717) is 23.9 Å². The van der Waals surface area contributed by atoms with Crippen molar-refractivity contribution in [3.63, 3.8) is 0 Å². The van der Waals surface area contributed by atoms with Crippen LogP contribution in [0.3, 0.4) is 0 Å². The highest BCUT2D eigenvalue weighted by Crippen LogP contribution is 2.12. The van der Waals surface area contributed by atoms with Crippen molar-refractivity contribution in [1.82, 2.24) is 0 Å². The monoisotopic (exact) mass is 1040 g/mol. The molecule has 0 radical (unpaired) electrons. The van der Waals surface area contributed by atoms with Gasteiger partial charge >= 0.3 is 17.9 Å². The summed E-state index contributed by atoms with van der Waals surface area (Å²) in [6.07, 6.45) is 78.9. The number of aliphatic carboxylic acids is 1. The highest BCUT2D eigenvalue weighted by atomic mass is 16.7. The van der Waals surface area contributed by atoms with E-state index in [4.69, 9.17) is 18.9 Å². The average molecular weight is 1040 g/mol. The molecule has 0 aliphatic carbocycles. The van der Waals surface area contributed by atoms with Crippen LogP contribution in [-0.4, -0.2) is 87.4 Å². The number of carbonyl (C=O) groups is 3. The molecule has 9 nitrogen and oxygen atoms in total. The molecule has 2 atom stereocenters. The third-order valence-corrected chi connectivity index (χ3v) is 11.3. The first-order valence-corrected chi connectivity index (χ1v) is 28.6. The number of rotatable bonds is 50. The van der Waals surface area contributed by atoms with Crippen molar-refractivity contribution in [2.24, 2.45) is 0 Å². The summed E-state index contributed by atoms with van der Waals surface area (Å²) in [4.78, 5) is 37.4. The summed E-state index contributed by atoms with van der Waals surface area (Å²) >= 11 is 0. The van der Waals surface area contributed by atoms with Gasteiger partial charge in [-0.05, 0) is 122 Å². The van der Waals surface area contributed by atoms with Crippen LogP contribution in [0.4, 0.5) is 0 Å². The number of ether oxygens (including phenoxy) is 4. The molecular formula is C66H104NO8+. The SMILES string of the molecule is CC/C=C\C/C=C\C/C=C\C/C=C\C/C=C\C/C=C\C/C=C\C/C=C\C/C=C\CCCCCC(=O)OC(COC(=O)CCCCCCCC/C=C\C/C=C\C/C=C\C/C=C\CC)COC(OCC[N+](C)(C)C)C(=O)O. The zero-order valence-electron chi connectivity index (χ0n) is 47.6. The van der Waals surface area contributed by atoms with E-state index in [2.05, 4.69) is 172 Å². The van der Waals surface area contributed by atoms with Gasteiger partial charge in [0.1, 0.15) is 13.2 Å². The third kappa shape index (κ3) is 56.5. The standard InChI is InChI=1S/C66H103NO8/c1-6-8-10-12-14-16-18-20-22-24-26-27-28-29-30-31-32-33-34-35-36-37-39-41-43-45-47-49-51-53-55-57-64(69)75-62(61-74-66(65(70)71)72-59-58-67(3,4)5)60-73-63(68)56-54-52-50-48-46-44-42-40-38-25-23-21-19-17-15-13-11-9-7-2/h8-11,14-17,20-23,26-27,29-30,32-33,35-36,38-41,45,47,62,66H,6-7,12-13,18-19,24-25,28,31,34,37,42-44,46,48-61H2,1-5H3/p+1/b10-8-,11-9-,16-14-,17-15-,22-20-,23-21-,27-26-,30-29-,33-32-,36-35-,40-38-,41-39-,47-45-. The van der Waals surface area contributed by atoms with Crippen LogP contribution in [0.5, 0.6) is 0 Å². The van der Waals surface area contributed by atoms with E-state index in [1.807, 2.05) is 21.1 Å². The summed E-state index contributed by atoms with van der Waals surface area (Å²) in [6.45, 7) is 4.56. The minimum atomic E-state index is -1.53. The van der Waals surface area contributed by atoms with E-state index < -0.39 is 24.3 Å². The van der Waals surface area contributed by atoms with Crippen LogP contribution in [0, 0.1) is 0 Å².